The van der Waals surface area contributed by atoms with Crippen LogP contribution in [0.5, 0.6) is 0 Å². The maximum Gasteiger partial charge on any atom is 0.348 e. The van der Waals surface area contributed by atoms with Gasteiger partial charge in [0.15, 0.2) is 0 Å². The van der Waals surface area contributed by atoms with Gasteiger partial charge in [-0.25, -0.2) is 15.0 Å². The smallest absolute Gasteiger partial charge is 0.348 e. The zero-order chi connectivity index (χ0) is 15.1. The van der Waals surface area contributed by atoms with Crippen molar-refractivity contribution >= 4 is 29.7 Å². The van der Waals surface area contributed by atoms with Crippen molar-refractivity contribution in [1.29, 1.82) is 0 Å². The third kappa shape index (κ3) is 4.29. The van der Waals surface area contributed by atoms with Crippen molar-refractivity contribution < 1.29 is 19.1 Å². The predicted octanol–water partition coefficient (Wildman–Crippen LogP) is 1.31. The molecule has 1 unspecified atom stereocenters. The molecule has 0 heterocycles. The molecule has 0 aromatic heterocycles. The highest BCUT2D eigenvalue weighted by Gasteiger charge is 2.26. The molecule has 6 nitrogen and oxygen atoms in total. The number of carbonyl (C=O) groups is 2. The van der Waals surface area contributed by atoms with Crippen molar-refractivity contribution in [2.45, 2.75) is 12.3 Å². The summed E-state index contributed by atoms with van der Waals surface area (Å²) in [6, 6.07) is 5.72. The van der Waals surface area contributed by atoms with E-state index in [-0.39, 0.29) is 17.9 Å². The Hall–Kier alpha value is -1.99. The highest BCUT2D eigenvalue weighted by atomic mass is 35.5. The zero-order valence-corrected chi connectivity index (χ0v) is 11.1. The molecule has 0 saturated heterocycles. The first-order chi connectivity index (χ1) is 9.47. The lowest BCUT2D eigenvalue weighted by atomic mass is 9.95. The van der Waals surface area contributed by atoms with Crippen LogP contribution >= 0.6 is 11.6 Å². The van der Waals surface area contributed by atoms with Gasteiger partial charge in [-0.3, -0.25) is 4.79 Å². The number of nitrogens with zero attached hydrogens (tertiary/aromatic N) is 2. The summed E-state index contributed by atoms with van der Waals surface area (Å²) in [6.07, 6.45) is 0.620. The van der Waals surface area contributed by atoms with Crippen LogP contribution < -0.4 is 5.84 Å². The maximum absolute atomic E-state index is 13.7. The number of hydrogen-bond acceptors (Lipinski definition) is 4. The zero-order valence-electron chi connectivity index (χ0n) is 10.4. The second-order valence-electron chi connectivity index (χ2n) is 3.82. The summed E-state index contributed by atoms with van der Waals surface area (Å²) in [5.74, 6) is 1.87. The van der Waals surface area contributed by atoms with Gasteiger partial charge in [-0.05, 0) is 12.5 Å². The van der Waals surface area contributed by atoms with E-state index in [1.807, 2.05) is 0 Å². The number of nitrogens with two attached hydrogens (primary N) is 1. The van der Waals surface area contributed by atoms with E-state index < -0.39 is 23.6 Å². The van der Waals surface area contributed by atoms with Crippen LogP contribution in [0.3, 0.4) is 0 Å². The van der Waals surface area contributed by atoms with Gasteiger partial charge in [0.25, 0.3) is 5.91 Å². The summed E-state index contributed by atoms with van der Waals surface area (Å²) in [5.41, 5.74) is 0.138. The number of benzene rings is 1. The minimum Gasteiger partial charge on any atom is -0.477 e. The Bertz CT molecular complexity index is 524. The quantitative estimate of drug-likeness (QED) is 0.272. The van der Waals surface area contributed by atoms with Crippen LogP contribution in [0.15, 0.2) is 29.4 Å². The van der Waals surface area contributed by atoms with Gasteiger partial charge >= 0.3 is 5.97 Å². The SMILES string of the molecule is NN(/N=C\C(=O)O)C(=O)C(CCCl)c1ccccc1F. The number of carboxylic acids is 1. The van der Waals surface area contributed by atoms with Crippen molar-refractivity contribution in [1.82, 2.24) is 5.12 Å². The molecule has 0 aliphatic heterocycles. The van der Waals surface area contributed by atoms with Gasteiger partial charge in [0, 0.05) is 11.4 Å². The second kappa shape index (κ2) is 7.56. The van der Waals surface area contributed by atoms with E-state index in [9.17, 15) is 14.0 Å². The molecule has 0 aliphatic rings. The Morgan fingerprint density at radius 1 is 1.50 bits per heavy atom. The Labute approximate surface area is 119 Å². The van der Waals surface area contributed by atoms with Crippen molar-refractivity contribution in [2.24, 2.45) is 10.9 Å². The molecule has 8 heteroatoms. The minimum absolute atomic E-state index is 0.112. The lowest BCUT2D eigenvalue weighted by molar-refractivity contribution is -0.133. The number of halogens is 2. The molecule has 0 bridgehead atoms. The largest absolute Gasteiger partial charge is 0.477 e. The number of carbonyl (C=O) groups excluding carboxylic acids is 1. The summed E-state index contributed by atoms with van der Waals surface area (Å²) in [5, 5.41) is 12.0. The van der Waals surface area contributed by atoms with Gasteiger partial charge in [0.05, 0.1) is 5.92 Å². The van der Waals surface area contributed by atoms with Crippen LogP contribution in [-0.4, -0.2) is 34.2 Å². The normalized spacial score (nSPS) is 12.3. The fourth-order valence-electron chi connectivity index (χ4n) is 1.61. The summed E-state index contributed by atoms with van der Waals surface area (Å²) in [7, 11) is 0. The van der Waals surface area contributed by atoms with E-state index in [0.29, 0.717) is 11.3 Å². The molecule has 0 spiro atoms. The van der Waals surface area contributed by atoms with E-state index in [1.165, 1.54) is 18.2 Å². The lowest BCUT2D eigenvalue weighted by Crippen LogP contribution is -2.37. The third-order valence-electron chi connectivity index (χ3n) is 2.49. The Morgan fingerprint density at radius 3 is 2.70 bits per heavy atom. The number of hydrazone groups is 1. The summed E-state index contributed by atoms with van der Waals surface area (Å²) >= 11 is 5.61. The Kier molecular flexibility index (Phi) is 6.08. The number of carboxylic acid groups (broad SMARTS) is 1. The second-order valence-corrected chi connectivity index (χ2v) is 4.20. The van der Waals surface area contributed by atoms with Gasteiger partial charge < -0.3 is 5.11 Å². The van der Waals surface area contributed by atoms with Crippen LogP contribution in [-0.2, 0) is 9.59 Å². The molecule has 0 radical (unpaired) electrons. The van der Waals surface area contributed by atoms with Gasteiger partial charge in [-0.15, -0.1) is 11.6 Å². The van der Waals surface area contributed by atoms with Crippen molar-refractivity contribution in [3.8, 4) is 0 Å². The van der Waals surface area contributed by atoms with Crippen LogP contribution in [0.4, 0.5) is 4.39 Å². The van der Waals surface area contributed by atoms with E-state index in [0.717, 1.165) is 0 Å². The molecule has 0 saturated carbocycles. The molecule has 1 aromatic rings. The van der Waals surface area contributed by atoms with E-state index in [1.54, 1.807) is 6.07 Å². The molecule has 1 amide bonds. The number of alkyl halides is 1. The van der Waals surface area contributed by atoms with Gasteiger partial charge in [0.1, 0.15) is 12.0 Å². The third-order valence-corrected chi connectivity index (χ3v) is 2.71. The first kappa shape index (κ1) is 16.1. The molecule has 0 fully saturated rings. The Morgan fingerprint density at radius 2 is 2.15 bits per heavy atom. The molecule has 1 aromatic carbocycles. The van der Waals surface area contributed by atoms with Crippen LogP contribution in [0.25, 0.3) is 0 Å². The maximum atomic E-state index is 13.7. The standard InChI is InChI=1S/C12H13ClFN3O3/c13-6-5-9(8-3-1-2-4-10(8)14)12(20)17(15)16-7-11(18)19/h1-4,7,9H,5-6,15H2,(H,18,19)/b16-7-. The topological polar surface area (TPSA) is 96.0 Å². The molecule has 108 valence electrons. The molecular weight excluding hydrogens is 289 g/mol. The molecule has 1 atom stereocenters. The van der Waals surface area contributed by atoms with Crippen LogP contribution in [0, 0.1) is 5.82 Å². The van der Waals surface area contributed by atoms with E-state index >= 15 is 0 Å². The summed E-state index contributed by atoms with van der Waals surface area (Å²) in [6.45, 7) is 0. The highest BCUT2D eigenvalue weighted by molar-refractivity contribution is 6.22. The predicted molar refractivity (Wildman–Crippen MR) is 71.6 cm³/mol. The van der Waals surface area contributed by atoms with Crippen molar-refractivity contribution in [2.75, 3.05) is 5.88 Å². The number of rotatable bonds is 6. The average molecular weight is 302 g/mol. The first-order valence-corrected chi connectivity index (χ1v) is 6.16. The molecule has 1 rings (SSSR count). The number of hydrogen-bond donors (Lipinski definition) is 2. The molecule has 3 N–H and O–H groups in total. The van der Waals surface area contributed by atoms with Crippen molar-refractivity contribution in [3.05, 3.63) is 35.6 Å². The fraction of sp³-hybridized carbons (Fsp3) is 0.250. The Balaban J connectivity index is 2.99. The van der Waals surface area contributed by atoms with Gasteiger partial charge in [-0.1, -0.05) is 18.2 Å². The number of amides is 1. The van der Waals surface area contributed by atoms with Gasteiger partial charge in [-0.2, -0.15) is 10.2 Å². The van der Waals surface area contributed by atoms with Crippen LogP contribution in [0.1, 0.15) is 17.9 Å². The average Bonchev–Trinajstić information content (AvgIpc) is 2.42. The number of hydrazine groups is 1. The summed E-state index contributed by atoms with van der Waals surface area (Å²) in [4.78, 5) is 22.4. The van der Waals surface area contributed by atoms with Crippen LogP contribution in [0.2, 0.25) is 0 Å². The van der Waals surface area contributed by atoms with Crippen molar-refractivity contribution in [3.63, 3.8) is 0 Å². The van der Waals surface area contributed by atoms with E-state index in [2.05, 4.69) is 5.10 Å². The minimum atomic E-state index is -1.35. The first-order valence-electron chi connectivity index (χ1n) is 5.63. The fourth-order valence-corrected chi connectivity index (χ4v) is 1.83. The molecule has 20 heavy (non-hydrogen) atoms. The molecule has 0 aliphatic carbocycles. The lowest BCUT2D eigenvalue weighted by Gasteiger charge is -2.19. The highest BCUT2D eigenvalue weighted by Crippen LogP contribution is 2.24. The number of aliphatic carboxylic acids is 1. The van der Waals surface area contributed by atoms with E-state index in [4.69, 9.17) is 22.6 Å². The molecular formula is C12H13ClFN3O3. The monoisotopic (exact) mass is 301 g/mol. The van der Waals surface area contributed by atoms with Gasteiger partial charge in [0.2, 0.25) is 0 Å². The summed E-state index contributed by atoms with van der Waals surface area (Å²) < 4.78 is 13.7.